The largest absolute Gasteiger partial charge is 0.507 e. The lowest BCUT2D eigenvalue weighted by molar-refractivity contribution is -0.135. The molecular weight excluding hydrogens is 306 g/mol. The van der Waals surface area contributed by atoms with Crippen LogP contribution in [0.4, 0.5) is 0 Å². The van der Waals surface area contributed by atoms with Crippen LogP contribution in [0.5, 0.6) is 5.75 Å². The Kier molecular flexibility index (Phi) is 4.06. The van der Waals surface area contributed by atoms with Crippen LogP contribution in [0.25, 0.3) is 0 Å². The molecule has 0 radical (unpaired) electrons. The summed E-state index contributed by atoms with van der Waals surface area (Å²) in [7, 11) is 0. The fraction of sp³-hybridized carbons (Fsp3) is 0.579. The predicted molar refractivity (Wildman–Crippen MR) is 89.6 cm³/mol. The highest BCUT2D eigenvalue weighted by Gasteiger charge is 2.50. The van der Waals surface area contributed by atoms with Crippen LogP contribution in [0, 0.1) is 10.8 Å². The van der Waals surface area contributed by atoms with E-state index in [4.69, 9.17) is 4.74 Å². The number of hydrogen-bond acceptors (Lipinski definition) is 4. The van der Waals surface area contributed by atoms with Crippen molar-refractivity contribution in [2.45, 2.75) is 46.1 Å². The molecule has 1 saturated heterocycles. The number of esters is 1. The molecule has 0 spiro atoms. The Hall–Kier alpha value is -2.04. The van der Waals surface area contributed by atoms with Crippen molar-refractivity contribution in [1.82, 2.24) is 4.90 Å². The minimum atomic E-state index is -0.671. The van der Waals surface area contributed by atoms with Gasteiger partial charge in [-0.3, -0.25) is 4.79 Å². The Morgan fingerprint density at radius 2 is 1.96 bits per heavy atom. The zero-order valence-corrected chi connectivity index (χ0v) is 14.5. The van der Waals surface area contributed by atoms with Crippen LogP contribution < -0.4 is 0 Å². The maximum atomic E-state index is 12.5. The summed E-state index contributed by atoms with van der Waals surface area (Å²) in [6, 6.07) is 6.41. The molecule has 5 nitrogen and oxygen atoms in total. The molecule has 1 aromatic rings. The van der Waals surface area contributed by atoms with Gasteiger partial charge in [0.05, 0.1) is 0 Å². The molecule has 1 heterocycles. The molecule has 5 heteroatoms. The summed E-state index contributed by atoms with van der Waals surface area (Å²) in [5.74, 6) is -0.957. The number of amides is 1. The summed E-state index contributed by atoms with van der Waals surface area (Å²) < 4.78 is 5.13. The highest BCUT2D eigenvalue weighted by Crippen LogP contribution is 2.52. The number of likely N-dealkylation sites (tertiary alicyclic amines) is 1. The van der Waals surface area contributed by atoms with Gasteiger partial charge in [-0.15, -0.1) is 0 Å². The lowest BCUT2D eigenvalue weighted by atomic mass is 9.65. The van der Waals surface area contributed by atoms with Crippen molar-refractivity contribution in [2.75, 3.05) is 13.2 Å². The minimum absolute atomic E-state index is 0.0820. The molecule has 1 N–H and O–H groups in total. The second kappa shape index (κ2) is 5.80. The second-order valence-electron chi connectivity index (χ2n) is 8.33. The average Bonchev–Trinajstić information content (AvgIpc) is 2.74. The third-order valence-corrected chi connectivity index (χ3v) is 5.19. The van der Waals surface area contributed by atoms with Crippen molar-refractivity contribution in [3.63, 3.8) is 0 Å². The fourth-order valence-corrected chi connectivity index (χ4v) is 4.69. The number of aromatic hydroxyl groups is 1. The molecule has 130 valence electrons. The molecule has 2 aliphatic rings. The number of carbonyl (C=O) groups is 2. The maximum Gasteiger partial charge on any atom is 0.342 e. The van der Waals surface area contributed by atoms with Gasteiger partial charge >= 0.3 is 5.97 Å². The van der Waals surface area contributed by atoms with Gasteiger partial charge in [0.25, 0.3) is 5.91 Å². The lowest BCUT2D eigenvalue weighted by Gasteiger charge is -2.39. The van der Waals surface area contributed by atoms with E-state index in [9.17, 15) is 14.7 Å². The molecule has 2 atom stereocenters. The number of nitrogens with zero attached hydrogens (tertiary/aromatic N) is 1. The summed E-state index contributed by atoms with van der Waals surface area (Å²) in [4.78, 5) is 26.5. The van der Waals surface area contributed by atoms with E-state index in [1.807, 2.05) is 4.90 Å². The molecule has 24 heavy (non-hydrogen) atoms. The zero-order chi connectivity index (χ0) is 17.5. The third-order valence-electron chi connectivity index (χ3n) is 5.19. The number of benzene rings is 1. The van der Waals surface area contributed by atoms with Crippen molar-refractivity contribution in [3.8, 4) is 5.75 Å². The predicted octanol–water partition coefficient (Wildman–Crippen LogP) is 2.98. The van der Waals surface area contributed by atoms with Crippen LogP contribution >= 0.6 is 0 Å². The summed E-state index contributed by atoms with van der Waals surface area (Å²) in [6.07, 6.45) is 3.12. The molecule has 1 saturated carbocycles. The van der Waals surface area contributed by atoms with Crippen LogP contribution in [-0.4, -0.2) is 41.1 Å². The molecule has 2 bridgehead atoms. The minimum Gasteiger partial charge on any atom is -0.507 e. The first kappa shape index (κ1) is 16.8. The Morgan fingerprint density at radius 3 is 2.67 bits per heavy atom. The van der Waals surface area contributed by atoms with Gasteiger partial charge in [-0.2, -0.15) is 0 Å². The molecule has 1 amide bonds. The molecule has 0 aromatic heterocycles. The van der Waals surface area contributed by atoms with E-state index in [0.717, 1.165) is 25.8 Å². The molecule has 0 unspecified atom stereocenters. The first-order chi connectivity index (χ1) is 11.2. The number of hydrogen-bond donors (Lipinski definition) is 1. The van der Waals surface area contributed by atoms with Crippen molar-refractivity contribution < 1.29 is 19.4 Å². The van der Waals surface area contributed by atoms with Crippen LogP contribution in [0.15, 0.2) is 24.3 Å². The quantitative estimate of drug-likeness (QED) is 0.865. The number of fused-ring (bicyclic) bond motifs is 2. The van der Waals surface area contributed by atoms with E-state index in [-0.39, 0.29) is 40.7 Å². The fourth-order valence-electron chi connectivity index (χ4n) is 4.69. The van der Waals surface area contributed by atoms with Gasteiger partial charge in [0.1, 0.15) is 11.3 Å². The van der Waals surface area contributed by atoms with Crippen LogP contribution in [0.2, 0.25) is 0 Å². The molecule has 2 fully saturated rings. The van der Waals surface area contributed by atoms with E-state index < -0.39 is 5.97 Å². The van der Waals surface area contributed by atoms with Crippen LogP contribution in [0.1, 0.15) is 50.4 Å². The summed E-state index contributed by atoms with van der Waals surface area (Å²) in [6.45, 7) is 7.20. The highest BCUT2D eigenvalue weighted by molar-refractivity contribution is 5.93. The molecule has 3 rings (SSSR count). The van der Waals surface area contributed by atoms with Gasteiger partial charge in [-0.25, -0.2) is 4.79 Å². The normalized spacial score (nSPS) is 27.8. The number of ether oxygens (including phenoxy) is 1. The standard InChI is InChI=1S/C19H25NO4/c1-18(2)8-13-9-19(3,11-18)12-20(13)16(22)10-24-17(23)14-6-4-5-7-15(14)21/h4-7,13,21H,8-12H2,1-3H3/t13-,19-/m1/s1. The van der Waals surface area contributed by atoms with Crippen molar-refractivity contribution >= 4 is 11.9 Å². The van der Waals surface area contributed by atoms with Crippen molar-refractivity contribution in [2.24, 2.45) is 10.8 Å². The van der Waals surface area contributed by atoms with Crippen LogP contribution in [-0.2, 0) is 9.53 Å². The Labute approximate surface area is 142 Å². The molecule has 1 aliphatic heterocycles. The van der Waals surface area contributed by atoms with E-state index >= 15 is 0 Å². The second-order valence-corrected chi connectivity index (χ2v) is 8.33. The topological polar surface area (TPSA) is 66.8 Å². The summed E-state index contributed by atoms with van der Waals surface area (Å²) in [5.41, 5.74) is 0.474. The van der Waals surface area contributed by atoms with Gasteiger partial charge in [0.15, 0.2) is 6.61 Å². The smallest absolute Gasteiger partial charge is 0.342 e. The number of carbonyl (C=O) groups excluding carboxylic acids is 2. The van der Waals surface area contributed by atoms with Crippen LogP contribution in [0.3, 0.4) is 0 Å². The zero-order valence-electron chi connectivity index (χ0n) is 14.5. The maximum absolute atomic E-state index is 12.5. The Bertz CT molecular complexity index is 669. The van der Waals surface area contributed by atoms with Gasteiger partial charge in [-0.1, -0.05) is 32.9 Å². The van der Waals surface area contributed by atoms with Gasteiger partial charge in [-0.05, 0) is 42.2 Å². The van der Waals surface area contributed by atoms with Gasteiger partial charge in [0, 0.05) is 12.6 Å². The number of phenols is 1. The van der Waals surface area contributed by atoms with Crippen molar-refractivity contribution in [1.29, 1.82) is 0 Å². The number of phenolic OH excluding ortho intramolecular Hbond substituents is 1. The number of rotatable bonds is 3. The Morgan fingerprint density at radius 1 is 1.25 bits per heavy atom. The highest BCUT2D eigenvalue weighted by atomic mass is 16.5. The summed E-state index contributed by atoms with van der Waals surface area (Å²) >= 11 is 0. The van der Waals surface area contributed by atoms with Gasteiger partial charge in [0.2, 0.25) is 0 Å². The first-order valence-corrected chi connectivity index (χ1v) is 8.44. The SMILES string of the molecule is CC1(C)C[C@@H]2C[C@@](C)(CN2C(=O)COC(=O)c2ccccc2O)C1. The Balaban J connectivity index is 1.62. The van der Waals surface area contributed by atoms with E-state index in [2.05, 4.69) is 20.8 Å². The molecular formula is C19H25NO4. The van der Waals surface area contributed by atoms with E-state index in [1.165, 1.54) is 12.1 Å². The molecule has 1 aliphatic carbocycles. The van der Waals surface area contributed by atoms with E-state index in [1.54, 1.807) is 12.1 Å². The monoisotopic (exact) mass is 331 g/mol. The van der Waals surface area contributed by atoms with Crippen molar-refractivity contribution in [3.05, 3.63) is 29.8 Å². The summed E-state index contributed by atoms with van der Waals surface area (Å²) in [5, 5.41) is 9.68. The third kappa shape index (κ3) is 3.25. The van der Waals surface area contributed by atoms with E-state index in [0.29, 0.717) is 0 Å². The average molecular weight is 331 g/mol. The molecule has 1 aromatic carbocycles. The first-order valence-electron chi connectivity index (χ1n) is 8.44. The number of para-hydroxylation sites is 1. The van der Waals surface area contributed by atoms with Gasteiger partial charge < -0.3 is 14.7 Å². The lowest BCUT2D eigenvalue weighted by Crippen LogP contribution is -2.39.